The first-order valence-electron chi connectivity index (χ1n) is 10.9. The van der Waals surface area contributed by atoms with E-state index in [2.05, 4.69) is 10.2 Å². The van der Waals surface area contributed by atoms with Crippen molar-refractivity contribution in [3.63, 3.8) is 0 Å². The minimum Gasteiger partial charge on any atom is -0.486 e. The van der Waals surface area contributed by atoms with E-state index in [9.17, 15) is 13.2 Å². The number of rotatable bonds is 6. The van der Waals surface area contributed by atoms with Crippen molar-refractivity contribution in [1.82, 2.24) is 0 Å². The number of benzene rings is 2. The smallest absolute Gasteiger partial charge is 0.247 e. The van der Waals surface area contributed by atoms with E-state index in [0.717, 1.165) is 29.3 Å². The molecular weight excluding hydrogens is 430 g/mol. The number of carbonyl (C=O) groups is 1. The number of amides is 1. The Morgan fingerprint density at radius 3 is 2.31 bits per heavy atom. The molecule has 0 saturated carbocycles. The van der Waals surface area contributed by atoms with Crippen LogP contribution in [-0.4, -0.2) is 52.9 Å². The number of anilines is 3. The van der Waals surface area contributed by atoms with Gasteiger partial charge in [0.2, 0.25) is 15.9 Å². The third kappa shape index (κ3) is 4.93. The van der Waals surface area contributed by atoms with Gasteiger partial charge in [-0.3, -0.25) is 9.10 Å². The molecule has 1 fully saturated rings. The zero-order valence-electron chi connectivity index (χ0n) is 18.4. The number of nitrogens with zero attached hydrogens (tertiary/aromatic N) is 2. The Labute approximate surface area is 189 Å². The average molecular weight is 460 g/mol. The number of hydrogen-bond donors (Lipinski definition) is 1. The third-order valence-electron chi connectivity index (χ3n) is 5.72. The summed E-state index contributed by atoms with van der Waals surface area (Å²) in [6, 6.07) is 11.6. The molecule has 9 heteroatoms. The van der Waals surface area contributed by atoms with Crippen LogP contribution in [0.5, 0.6) is 11.5 Å². The molecule has 0 aliphatic carbocycles. The van der Waals surface area contributed by atoms with Gasteiger partial charge in [-0.05, 0) is 62.6 Å². The number of hydrogen-bond acceptors (Lipinski definition) is 6. The summed E-state index contributed by atoms with van der Waals surface area (Å²) in [4.78, 5) is 15.3. The molecule has 1 saturated heterocycles. The Hall–Kier alpha value is -2.94. The summed E-state index contributed by atoms with van der Waals surface area (Å²) in [5.41, 5.74) is 2.10. The van der Waals surface area contributed by atoms with E-state index in [1.807, 2.05) is 24.3 Å². The minimum atomic E-state index is -3.73. The van der Waals surface area contributed by atoms with Crippen molar-refractivity contribution in [1.29, 1.82) is 0 Å². The van der Waals surface area contributed by atoms with Crippen LogP contribution in [0.4, 0.5) is 17.1 Å². The lowest BCUT2D eigenvalue weighted by atomic mass is 10.1. The number of ether oxygens (including phenoxy) is 2. The maximum atomic E-state index is 13.0. The minimum absolute atomic E-state index is 0.347. The highest BCUT2D eigenvalue weighted by Crippen LogP contribution is 2.35. The van der Waals surface area contributed by atoms with E-state index in [4.69, 9.17) is 9.47 Å². The summed E-state index contributed by atoms with van der Waals surface area (Å²) < 4.78 is 37.4. The molecule has 0 bridgehead atoms. The first-order chi connectivity index (χ1) is 15.3. The van der Waals surface area contributed by atoms with Crippen molar-refractivity contribution in [2.75, 3.05) is 47.1 Å². The molecule has 4 rings (SSSR count). The molecule has 0 radical (unpaired) electrons. The molecule has 2 aromatic rings. The summed E-state index contributed by atoms with van der Waals surface area (Å²) in [5.74, 6) is 0.596. The zero-order valence-corrected chi connectivity index (χ0v) is 19.2. The van der Waals surface area contributed by atoms with Gasteiger partial charge in [0, 0.05) is 30.5 Å². The summed E-state index contributed by atoms with van der Waals surface area (Å²) in [6.07, 6.45) is 4.73. The molecule has 0 spiro atoms. The molecule has 8 nitrogen and oxygen atoms in total. The van der Waals surface area contributed by atoms with Crippen LogP contribution < -0.4 is 24.0 Å². The number of nitrogens with one attached hydrogen (secondary N) is 1. The van der Waals surface area contributed by atoms with Crippen molar-refractivity contribution < 1.29 is 22.7 Å². The Morgan fingerprint density at radius 2 is 1.66 bits per heavy atom. The standard InChI is InChI=1S/C23H29N3O5S/c1-17(23(27)24-18-6-8-19(9-7-18)25-12-4-3-5-13-25)26(32(2,28)29)20-10-11-21-22(16-20)31-15-14-30-21/h6-11,16-17H,3-5,12-15H2,1-2H3,(H,24,27)/t17-/m1/s1. The zero-order chi connectivity index (χ0) is 22.7. The highest BCUT2D eigenvalue weighted by atomic mass is 32.2. The van der Waals surface area contributed by atoms with Gasteiger partial charge < -0.3 is 19.7 Å². The molecule has 0 aromatic heterocycles. The predicted molar refractivity (Wildman–Crippen MR) is 125 cm³/mol. The van der Waals surface area contributed by atoms with Crippen LogP contribution in [0.25, 0.3) is 0 Å². The molecule has 0 unspecified atom stereocenters. The Bertz CT molecular complexity index is 1070. The normalized spacial score (nSPS) is 16.9. The van der Waals surface area contributed by atoms with Crippen LogP contribution in [0, 0.1) is 0 Å². The molecule has 2 aromatic carbocycles. The molecule has 2 aliphatic rings. The van der Waals surface area contributed by atoms with E-state index in [-0.39, 0.29) is 0 Å². The number of fused-ring (bicyclic) bond motifs is 1. The highest BCUT2D eigenvalue weighted by molar-refractivity contribution is 7.92. The fourth-order valence-corrected chi connectivity index (χ4v) is 5.30. The van der Waals surface area contributed by atoms with Crippen LogP contribution in [0.15, 0.2) is 42.5 Å². The SMILES string of the molecule is C[C@H](C(=O)Nc1ccc(N2CCCCC2)cc1)N(c1ccc2c(c1)OCCO2)S(C)(=O)=O. The topological polar surface area (TPSA) is 88.2 Å². The second-order valence-corrected chi connectivity index (χ2v) is 10.0. The molecule has 2 heterocycles. The van der Waals surface area contributed by atoms with Crippen LogP contribution in [-0.2, 0) is 14.8 Å². The van der Waals surface area contributed by atoms with E-state index >= 15 is 0 Å². The van der Waals surface area contributed by atoms with E-state index in [1.54, 1.807) is 25.1 Å². The lowest BCUT2D eigenvalue weighted by Gasteiger charge is -2.30. The lowest BCUT2D eigenvalue weighted by Crippen LogP contribution is -2.45. The van der Waals surface area contributed by atoms with E-state index < -0.39 is 22.0 Å². The van der Waals surface area contributed by atoms with Crippen molar-refractivity contribution >= 4 is 33.0 Å². The largest absolute Gasteiger partial charge is 0.486 e. The van der Waals surface area contributed by atoms with Gasteiger partial charge >= 0.3 is 0 Å². The summed E-state index contributed by atoms with van der Waals surface area (Å²) in [6.45, 7) is 4.48. The fraction of sp³-hybridized carbons (Fsp3) is 0.435. The molecule has 1 amide bonds. The molecule has 32 heavy (non-hydrogen) atoms. The summed E-state index contributed by atoms with van der Waals surface area (Å²) in [7, 11) is -3.73. The van der Waals surface area contributed by atoms with Gasteiger partial charge in [0.1, 0.15) is 19.3 Å². The van der Waals surface area contributed by atoms with E-state index in [0.29, 0.717) is 36.1 Å². The van der Waals surface area contributed by atoms with Crippen molar-refractivity contribution in [3.8, 4) is 11.5 Å². The molecular formula is C23H29N3O5S. The number of carbonyl (C=O) groups excluding carboxylic acids is 1. The van der Waals surface area contributed by atoms with Gasteiger partial charge in [-0.15, -0.1) is 0 Å². The van der Waals surface area contributed by atoms with Gasteiger partial charge in [0.05, 0.1) is 11.9 Å². The fourth-order valence-electron chi connectivity index (χ4n) is 4.13. The Kier molecular flexibility index (Phi) is 6.45. The van der Waals surface area contributed by atoms with Gasteiger partial charge in [0.25, 0.3) is 0 Å². The monoisotopic (exact) mass is 459 g/mol. The molecule has 1 atom stereocenters. The average Bonchev–Trinajstić information content (AvgIpc) is 2.79. The maximum Gasteiger partial charge on any atom is 0.247 e. The van der Waals surface area contributed by atoms with Crippen molar-refractivity contribution in [2.45, 2.75) is 32.2 Å². The summed E-state index contributed by atoms with van der Waals surface area (Å²) >= 11 is 0. The molecule has 2 aliphatic heterocycles. The lowest BCUT2D eigenvalue weighted by molar-refractivity contribution is -0.116. The van der Waals surface area contributed by atoms with Gasteiger partial charge in [0.15, 0.2) is 11.5 Å². The Morgan fingerprint density at radius 1 is 1.00 bits per heavy atom. The quantitative estimate of drug-likeness (QED) is 0.714. The van der Waals surface area contributed by atoms with Gasteiger partial charge in [-0.2, -0.15) is 0 Å². The molecule has 172 valence electrons. The van der Waals surface area contributed by atoms with Crippen LogP contribution in [0.3, 0.4) is 0 Å². The van der Waals surface area contributed by atoms with Gasteiger partial charge in [-0.25, -0.2) is 8.42 Å². The maximum absolute atomic E-state index is 13.0. The van der Waals surface area contributed by atoms with Crippen LogP contribution in [0.1, 0.15) is 26.2 Å². The first-order valence-corrected chi connectivity index (χ1v) is 12.7. The predicted octanol–water partition coefficient (Wildman–Crippen LogP) is 3.24. The highest BCUT2D eigenvalue weighted by Gasteiger charge is 2.30. The van der Waals surface area contributed by atoms with Crippen molar-refractivity contribution in [3.05, 3.63) is 42.5 Å². The van der Waals surface area contributed by atoms with Crippen LogP contribution in [0.2, 0.25) is 0 Å². The first kappa shape index (κ1) is 22.3. The van der Waals surface area contributed by atoms with Crippen molar-refractivity contribution in [2.24, 2.45) is 0 Å². The second-order valence-electron chi connectivity index (χ2n) is 8.15. The number of piperidine rings is 1. The number of sulfonamides is 1. The molecule has 1 N–H and O–H groups in total. The van der Waals surface area contributed by atoms with Crippen LogP contribution >= 0.6 is 0 Å². The van der Waals surface area contributed by atoms with E-state index in [1.165, 1.54) is 19.3 Å². The summed E-state index contributed by atoms with van der Waals surface area (Å²) in [5, 5.41) is 2.84. The third-order valence-corrected chi connectivity index (χ3v) is 6.97. The Balaban J connectivity index is 1.50. The van der Waals surface area contributed by atoms with Gasteiger partial charge in [-0.1, -0.05) is 0 Å². The second kappa shape index (κ2) is 9.28.